The molecule has 1 fully saturated rings. The second-order valence-corrected chi connectivity index (χ2v) is 6.40. The summed E-state index contributed by atoms with van der Waals surface area (Å²) >= 11 is 0. The fourth-order valence-corrected chi connectivity index (χ4v) is 3.50. The smallest absolute Gasteiger partial charge is 0.295 e. The summed E-state index contributed by atoms with van der Waals surface area (Å²) in [4.78, 5) is 20.3. The third-order valence-electron chi connectivity index (χ3n) is 4.59. The summed E-state index contributed by atoms with van der Waals surface area (Å²) in [6.45, 7) is 9.32. The number of nitro groups is 1. The summed E-state index contributed by atoms with van der Waals surface area (Å²) in [5.41, 5.74) is 2.47. The third kappa shape index (κ3) is 3.33. The number of hydrogen-bond acceptors (Lipinski definition) is 5. The maximum Gasteiger partial charge on any atom is 0.295 e. The van der Waals surface area contributed by atoms with Crippen molar-refractivity contribution in [2.24, 2.45) is 0 Å². The fraction of sp³-hybridized carbons (Fsp3) is 0.500. The highest BCUT2D eigenvalue weighted by Gasteiger charge is 2.20. The molecule has 6 heteroatoms. The molecule has 1 aromatic carbocycles. The quantitative estimate of drug-likeness (QED) is 0.636. The minimum absolute atomic E-state index is 0.0832. The number of fused-ring (bicyclic) bond motifs is 1. The molecule has 2 heterocycles. The second kappa shape index (κ2) is 7.13. The van der Waals surface area contributed by atoms with Crippen LogP contribution in [0.5, 0.6) is 0 Å². The van der Waals surface area contributed by atoms with E-state index in [1.54, 1.807) is 6.07 Å². The molecule has 0 saturated carbocycles. The van der Waals surface area contributed by atoms with Gasteiger partial charge in [-0.2, -0.15) is 0 Å². The SMILES string of the molecule is CCCN1CCCN(c2cc(C)nc3c([N+](=O)[O-])cccc23)CC1. The molecular formula is C18H24N4O2. The van der Waals surface area contributed by atoms with E-state index in [0.29, 0.717) is 5.52 Å². The fourth-order valence-electron chi connectivity index (χ4n) is 3.50. The van der Waals surface area contributed by atoms with Crippen LogP contribution < -0.4 is 4.90 Å². The molecule has 128 valence electrons. The van der Waals surface area contributed by atoms with Crippen LogP contribution in [0.15, 0.2) is 24.3 Å². The Hall–Kier alpha value is -2.21. The molecule has 3 rings (SSSR count). The van der Waals surface area contributed by atoms with Gasteiger partial charge in [-0.05, 0) is 38.9 Å². The van der Waals surface area contributed by atoms with E-state index in [1.807, 2.05) is 13.0 Å². The first-order valence-electron chi connectivity index (χ1n) is 8.62. The molecule has 0 N–H and O–H groups in total. The molecule has 6 nitrogen and oxygen atoms in total. The Bertz CT molecular complexity index is 747. The van der Waals surface area contributed by atoms with Gasteiger partial charge in [0, 0.05) is 42.5 Å². The summed E-state index contributed by atoms with van der Waals surface area (Å²) in [5.74, 6) is 0. The molecule has 0 aliphatic carbocycles. The highest BCUT2D eigenvalue weighted by atomic mass is 16.6. The zero-order valence-electron chi connectivity index (χ0n) is 14.4. The lowest BCUT2D eigenvalue weighted by molar-refractivity contribution is -0.383. The Morgan fingerprint density at radius 1 is 1.25 bits per heavy atom. The molecule has 0 atom stereocenters. The Morgan fingerprint density at radius 2 is 2.08 bits per heavy atom. The van der Waals surface area contributed by atoms with E-state index in [0.717, 1.165) is 55.9 Å². The molecule has 0 bridgehead atoms. The van der Waals surface area contributed by atoms with Crippen LogP contribution in [0.25, 0.3) is 10.9 Å². The number of para-hydroxylation sites is 1. The summed E-state index contributed by atoms with van der Waals surface area (Å²) in [5, 5.41) is 12.2. The van der Waals surface area contributed by atoms with Crippen molar-refractivity contribution in [3.8, 4) is 0 Å². The largest absolute Gasteiger partial charge is 0.370 e. The predicted octanol–water partition coefficient (Wildman–Crippen LogP) is 3.37. The average molecular weight is 328 g/mol. The van der Waals surface area contributed by atoms with Gasteiger partial charge in [0.2, 0.25) is 0 Å². The molecule has 0 unspecified atom stereocenters. The van der Waals surface area contributed by atoms with E-state index >= 15 is 0 Å². The van der Waals surface area contributed by atoms with Crippen molar-refractivity contribution in [2.75, 3.05) is 37.6 Å². The van der Waals surface area contributed by atoms with E-state index in [2.05, 4.69) is 27.8 Å². The van der Waals surface area contributed by atoms with Crippen LogP contribution in [0.1, 0.15) is 25.5 Å². The first-order valence-corrected chi connectivity index (χ1v) is 8.62. The van der Waals surface area contributed by atoms with Gasteiger partial charge in [0.15, 0.2) is 5.52 Å². The van der Waals surface area contributed by atoms with Gasteiger partial charge in [-0.1, -0.05) is 19.1 Å². The van der Waals surface area contributed by atoms with Crippen molar-refractivity contribution in [1.82, 2.24) is 9.88 Å². The minimum Gasteiger partial charge on any atom is -0.370 e. The molecule has 1 aromatic heterocycles. The number of anilines is 1. The van der Waals surface area contributed by atoms with Crippen molar-refractivity contribution in [1.29, 1.82) is 0 Å². The molecule has 0 radical (unpaired) electrons. The predicted molar refractivity (Wildman–Crippen MR) is 96.7 cm³/mol. The summed E-state index contributed by atoms with van der Waals surface area (Å²) in [6.07, 6.45) is 2.28. The molecule has 0 spiro atoms. The molecule has 0 amide bonds. The van der Waals surface area contributed by atoms with Crippen LogP contribution in [0.4, 0.5) is 11.4 Å². The van der Waals surface area contributed by atoms with Gasteiger partial charge < -0.3 is 9.80 Å². The number of nitro benzene ring substituents is 1. The zero-order chi connectivity index (χ0) is 17.1. The highest BCUT2D eigenvalue weighted by Crippen LogP contribution is 2.32. The van der Waals surface area contributed by atoms with Crippen molar-refractivity contribution in [3.05, 3.63) is 40.1 Å². The molecule has 1 aliphatic heterocycles. The molecular weight excluding hydrogens is 304 g/mol. The van der Waals surface area contributed by atoms with Crippen molar-refractivity contribution in [2.45, 2.75) is 26.7 Å². The van der Waals surface area contributed by atoms with Gasteiger partial charge in [-0.15, -0.1) is 0 Å². The van der Waals surface area contributed by atoms with E-state index in [4.69, 9.17) is 0 Å². The number of aryl methyl sites for hydroxylation is 1. The maximum atomic E-state index is 11.3. The number of non-ortho nitro benzene ring substituents is 1. The van der Waals surface area contributed by atoms with Crippen molar-refractivity contribution >= 4 is 22.3 Å². The normalized spacial score (nSPS) is 16.3. The highest BCUT2D eigenvalue weighted by molar-refractivity contribution is 5.97. The minimum atomic E-state index is -0.343. The molecule has 2 aromatic rings. The van der Waals surface area contributed by atoms with Gasteiger partial charge in [0.1, 0.15) is 0 Å². The van der Waals surface area contributed by atoms with E-state index in [1.165, 1.54) is 12.5 Å². The van der Waals surface area contributed by atoms with E-state index in [-0.39, 0.29) is 10.6 Å². The van der Waals surface area contributed by atoms with Gasteiger partial charge in [-0.25, -0.2) is 4.98 Å². The van der Waals surface area contributed by atoms with Crippen molar-refractivity contribution < 1.29 is 4.92 Å². The third-order valence-corrected chi connectivity index (χ3v) is 4.59. The van der Waals surface area contributed by atoms with Crippen LogP contribution in [-0.2, 0) is 0 Å². The Labute approximate surface area is 142 Å². The topological polar surface area (TPSA) is 62.5 Å². The van der Waals surface area contributed by atoms with Crippen LogP contribution in [-0.4, -0.2) is 47.5 Å². The number of hydrogen-bond donors (Lipinski definition) is 0. The van der Waals surface area contributed by atoms with E-state index in [9.17, 15) is 10.1 Å². The molecule has 1 aliphatic rings. The lowest BCUT2D eigenvalue weighted by Gasteiger charge is -2.25. The van der Waals surface area contributed by atoms with Crippen LogP contribution >= 0.6 is 0 Å². The first kappa shape index (κ1) is 16.6. The van der Waals surface area contributed by atoms with E-state index < -0.39 is 0 Å². The van der Waals surface area contributed by atoms with Gasteiger partial charge in [0.05, 0.1) is 4.92 Å². The van der Waals surface area contributed by atoms with Gasteiger partial charge in [0.25, 0.3) is 5.69 Å². The van der Waals surface area contributed by atoms with Gasteiger partial charge >= 0.3 is 0 Å². The summed E-state index contributed by atoms with van der Waals surface area (Å²) in [7, 11) is 0. The lowest BCUT2D eigenvalue weighted by atomic mass is 10.1. The van der Waals surface area contributed by atoms with Crippen molar-refractivity contribution in [3.63, 3.8) is 0 Å². The standard InChI is InChI=1S/C18H24N4O2/c1-3-8-20-9-5-10-21(12-11-20)17-13-14(2)19-18-15(17)6-4-7-16(18)22(23)24/h4,6-7,13H,3,5,8-12H2,1-2H3. The number of pyridine rings is 1. The zero-order valence-corrected chi connectivity index (χ0v) is 14.4. The maximum absolute atomic E-state index is 11.3. The number of benzene rings is 1. The average Bonchev–Trinajstić information content (AvgIpc) is 2.79. The lowest BCUT2D eigenvalue weighted by Crippen LogP contribution is -2.31. The summed E-state index contributed by atoms with van der Waals surface area (Å²) in [6, 6.07) is 7.28. The van der Waals surface area contributed by atoms with Crippen LogP contribution in [0, 0.1) is 17.0 Å². The number of nitrogens with zero attached hydrogens (tertiary/aromatic N) is 4. The number of aromatic nitrogens is 1. The van der Waals surface area contributed by atoms with Gasteiger partial charge in [-0.3, -0.25) is 10.1 Å². The first-order chi connectivity index (χ1) is 11.6. The second-order valence-electron chi connectivity index (χ2n) is 6.40. The van der Waals surface area contributed by atoms with Crippen LogP contribution in [0.3, 0.4) is 0 Å². The summed E-state index contributed by atoms with van der Waals surface area (Å²) < 4.78 is 0. The molecule has 24 heavy (non-hydrogen) atoms. The van der Waals surface area contributed by atoms with Crippen LogP contribution in [0.2, 0.25) is 0 Å². The number of rotatable bonds is 4. The molecule has 1 saturated heterocycles. The Balaban J connectivity index is 2.00. The monoisotopic (exact) mass is 328 g/mol. The Kier molecular flexibility index (Phi) is 4.94. The Morgan fingerprint density at radius 3 is 2.83 bits per heavy atom.